The minimum absolute atomic E-state index is 0.0993. The van der Waals surface area contributed by atoms with Crippen LogP contribution in [0.3, 0.4) is 0 Å². The summed E-state index contributed by atoms with van der Waals surface area (Å²) in [5.41, 5.74) is 2.78. The van der Waals surface area contributed by atoms with Crippen molar-refractivity contribution in [3.63, 3.8) is 0 Å². The molecule has 2 aromatic heterocycles. The first-order chi connectivity index (χ1) is 10.5. The zero-order chi connectivity index (χ0) is 15.7. The summed E-state index contributed by atoms with van der Waals surface area (Å²) in [6.45, 7) is 3.76. The lowest BCUT2D eigenvalue weighted by Crippen LogP contribution is -2.32. The highest BCUT2D eigenvalue weighted by Crippen LogP contribution is 2.41. The van der Waals surface area contributed by atoms with Crippen molar-refractivity contribution in [2.75, 3.05) is 0 Å². The van der Waals surface area contributed by atoms with E-state index in [1.54, 1.807) is 13.1 Å². The lowest BCUT2D eigenvalue weighted by Gasteiger charge is -2.19. The van der Waals surface area contributed by atoms with E-state index in [0.717, 1.165) is 24.1 Å². The third kappa shape index (κ3) is 3.08. The fourth-order valence-corrected chi connectivity index (χ4v) is 2.69. The van der Waals surface area contributed by atoms with Gasteiger partial charge < -0.3 is 10.3 Å². The zero-order valence-electron chi connectivity index (χ0n) is 12.7. The molecule has 0 bridgehead atoms. The second kappa shape index (κ2) is 5.75. The van der Waals surface area contributed by atoms with Crippen molar-refractivity contribution in [3.8, 4) is 0 Å². The van der Waals surface area contributed by atoms with Crippen LogP contribution in [0.5, 0.6) is 0 Å². The second-order valence-electron chi connectivity index (χ2n) is 5.91. The molecule has 0 unspecified atom stereocenters. The molecule has 1 aliphatic carbocycles. The number of hydrogen-bond donors (Lipinski definition) is 2. The number of amides is 1. The first kappa shape index (κ1) is 14.5. The van der Waals surface area contributed by atoms with Crippen LogP contribution in [0.15, 0.2) is 35.3 Å². The van der Waals surface area contributed by atoms with Crippen molar-refractivity contribution in [3.05, 3.63) is 63.3 Å². The molecule has 1 fully saturated rings. The van der Waals surface area contributed by atoms with Gasteiger partial charge in [0.05, 0.1) is 11.7 Å². The van der Waals surface area contributed by atoms with Crippen molar-refractivity contribution < 1.29 is 4.79 Å². The number of H-pyrrole nitrogens is 1. The summed E-state index contributed by atoms with van der Waals surface area (Å²) < 4.78 is 0. The molecule has 0 spiro atoms. The van der Waals surface area contributed by atoms with Crippen molar-refractivity contribution >= 4 is 5.91 Å². The fourth-order valence-electron chi connectivity index (χ4n) is 2.69. The predicted octanol–water partition coefficient (Wildman–Crippen LogP) is 2.27. The van der Waals surface area contributed by atoms with Crippen molar-refractivity contribution in [1.82, 2.24) is 15.3 Å². The SMILES string of the molecule is Cc1cc(=O)cc(C(=O)N[C@H](c2ncccc2C)C2CC2)[nH]1. The molecule has 22 heavy (non-hydrogen) atoms. The number of hydrogen-bond acceptors (Lipinski definition) is 3. The Kier molecular flexibility index (Phi) is 3.79. The molecule has 2 N–H and O–H groups in total. The average molecular weight is 297 g/mol. The van der Waals surface area contributed by atoms with Crippen LogP contribution in [0.2, 0.25) is 0 Å². The number of aromatic amines is 1. The molecule has 0 saturated heterocycles. The van der Waals surface area contributed by atoms with Gasteiger partial charge in [0.25, 0.3) is 5.91 Å². The summed E-state index contributed by atoms with van der Waals surface area (Å²) in [6, 6.07) is 6.59. The highest BCUT2D eigenvalue weighted by molar-refractivity contribution is 5.92. The van der Waals surface area contributed by atoms with E-state index < -0.39 is 0 Å². The van der Waals surface area contributed by atoms with Crippen LogP contribution < -0.4 is 10.7 Å². The number of pyridine rings is 2. The molecule has 1 saturated carbocycles. The quantitative estimate of drug-likeness (QED) is 0.909. The summed E-state index contributed by atoms with van der Waals surface area (Å²) in [5, 5.41) is 3.04. The molecule has 1 atom stereocenters. The van der Waals surface area contributed by atoms with Gasteiger partial charge in [-0.05, 0) is 44.2 Å². The van der Waals surface area contributed by atoms with Gasteiger partial charge in [-0.3, -0.25) is 14.6 Å². The van der Waals surface area contributed by atoms with Gasteiger partial charge in [0, 0.05) is 24.0 Å². The van der Waals surface area contributed by atoms with Crippen LogP contribution in [0.4, 0.5) is 0 Å². The molecule has 2 heterocycles. The first-order valence-corrected chi connectivity index (χ1v) is 7.48. The lowest BCUT2D eigenvalue weighted by atomic mass is 10.0. The van der Waals surface area contributed by atoms with E-state index in [9.17, 15) is 9.59 Å². The van der Waals surface area contributed by atoms with E-state index >= 15 is 0 Å². The number of carbonyl (C=O) groups is 1. The number of aryl methyl sites for hydroxylation is 2. The van der Waals surface area contributed by atoms with Crippen LogP contribution in [0, 0.1) is 19.8 Å². The highest BCUT2D eigenvalue weighted by atomic mass is 16.2. The number of carbonyl (C=O) groups excluding carboxylic acids is 1. The van der Waals surface area contributed by atoms with E-state index in [2.05, 4.69) is 15.3 Å². The van der Waals surface area contributed by atoms with Gasteiger partial charge in [0.15, 0.2) is 5.43 Å². The van der Waals surface area contributed by atoms with E-state index in [4.69, 9.17) is 0 Å². The monoisotopic (exact) mass is 297 g/mol. The van der Waals surface area contributed by atoms with Gasteiger partial charge in [0.1, 0.15) is 5.69 Å². The number of nitrogens with zero attached hydrogens (tertiary/aromatic N) is 1. The molecule has 0 aliphatic heterocycles. The molecule has 2 aromatic rings. The van der Waals surface area contributed by atoms with Crippen LogP contribution in [-0.4, -0.2) is 15.9 Å². The molecule has 1 amide bonds. The largest absolute Gasteiger partial charge is 0.354 e. The molecule has 3 rings (SSSR count). The standard InChI is InChI=1S/C17H19N3O2/c1-10-4-3-7-18-15(10)16(12-5-6-12)20-17(22)14-9-13(21)8-11(2)19-14/h3-4,7-9,12,16H,5-6H2,1-2H3,(H,19,21)(H,20,22)/t16-/m0/s1. The summed E-state index contributed by atoms with van der Waals surface area (Å²) in [4.78, 5) is 31.4. The van der Waals surface area contributed by atoms with Crippen LogP contribution in [0.1, 0.15) is 46.3 Å². The van der Waals surface area contributed by atoms with Gasteiger partial charge in [-0.2, -0.15) is 0 Å². The first-order valence-electron chi connectivity index (χ1n) is 7.48. The van der Waals surface area contributed by atoms with Crippen molar-refractivity contribution in [2.45, 2.75) is 32.7 Å². The maximum atomic E-state index is 12.5. The second-order valence-corrected chi connectivity index (χ2v) is 5.91. The topological polar surface area (TPSA) is 74.8 Å². The number of aromatic nitrogens is 2. The Morgan fingerprint density at radius 3 is 2.77 bits per heavy atom. The van der Waals surface area contributed by atoms with Crippen LogP contribution in [-0.2, 0) is 0 Å². The van der Waals surface area contributed by atoms with Crippen molar-refractivity contribution in [2.24, 2.45) is 5.92 Å². The van der Waals surface area contributed by atoms with Gasteiger partial charge in [-0.15, -0.1) is 0 Å². The Hall–Kier alpha value is -2.43. The van der Waals surface area contributed by atoms with Gasteiger partial charge in [-0.1, -0.05) is 6.07 Å². The molecule has 114 valence electrons. The van der Waals surface area contributed by atoms with Gasteiger partial charge in [0.2, 0.25) is 0 Å². The Labute approximate surface area is 128 Å². The summed E-state index contributed by atoms with van der Waals surface area (Å²) in [7, 11) is 0. The smallest absolute Gasteiger partial charge is 0.268 e. The molecular weight excluding hydrogens is 278 g/mol. The molecular formula is C17H19N3O2. The normalized spacial score (nSPS) is 15.4. The van der Waals surface area contributed by atoms with E-state index in [0.29, 0.717) is 17.3 Å². The maximum absolute atomic E-state index is 12.5. The minimum atomic E-state index is -0.261. The molecule has 1 aliphatic rings. The predicted molar refractivity (Wildman–Crippen MR) is 83.7 cm³/mol. The van der Waals surface area contributed by atoms with E-state index in [1.807, 2.05) is 19.1 Å². The Balaban J connectivity index is 1.87. The minimum Gasteiger partial charge on any atom is -0.354 e. The molecule has 0 radical (unpaired) electrons. The number of nitrogens with one attached hydrogen (secondary N) is 2. The van der Waals surface area contributed by atoms with Crippen molar-refractivity contribution in [1.29, 1.82) is 0 Å². The van der Waals surface area contributed by atoms with Crippen LogP contribution in [0.25, 0.3) is 0 Å². The van der Waals surface area contributed by atoms with Gasteiger partial charge in [-0.25, -0.2) is 0 Å². The number of rotatable bonds is 4. The summed E-state index contributed by atoms with van der Waals surface area (Å²) in [6.07, 6.45) is 3.93. The third-order valence-corrected chi connectivity index (χ3v) is 3.95. The zero-order valence-corrected chi connectivity index (χ0v) is 12.7. The fraction of sp³-hybridized carbons (Fsp3) is 0.353. The van der Waals surface area contributed by atoms with Crippen LogP contribution >= 0.6 is 0 Å². The third-order valence-electron chi connectivity index (χ3n) is 3.95. The van der Waals surface area contributed by atoms with E-state index in [-0.39, 0.29) is 17.4 Å². The molecule has 0 aromatic carbocycles. The molecule has 5 nitrogen and oxygen atoms in total. The maximum Gasteiger partial charge on any atom is 0.268 e. The van der Waals surface area contributed by atoms with Gasteiger partial charge >= 0.3 is 0 Å². The Morgan fingerprint density at radius 2 is 2.14 bits per heavy atom. The lowest BCUT2D eigenvalue weighted by molar-refractivity contribution is 0.0925. The summed E-state index contributed by atoms with van der Waals surface area (Å²) >= 11 is 0. The molecule has 5 heteroatoms. The Morgan fingerprint density at radius 1 is 1.36 bits per heavy atom. The summed E-state index contributed by atoms with van der Waals surface area (Å²) in [5.74, 6) is 0.164. The van der Waals surface area contributed by atoms with E-state index in [1.165, 1.54) is 12.1 Å². The average Bonchev–Trinajstić information content (AvgIpc) is 3.29. The Bertz CT molecular complexity index is 762. The highest BCUT2D eigenvalue weighted by Gasteiger charge is 2.35.